The first-order valence-corrected chi connectivity index (χ1v) is 8.19. The van der Waals surface area contributed by atoms with Crippen molar-refractivity contribution in [3.63, 3.8) is 0 Å². The maximum absolute atomic E-state index is 13.3. The molecule has 0 saturated carbocycles. The molecule has 0 amide bonds. The van der Waals surface area contributed by atoms with Crippen molar-refractivity contribution in [1.82, 2.24) is 15.0 Å². The number of hydrogen-bond acceptors (Lipinski definition) is 3. The summed E-state index contributed by atoms with van der Waals surface area (Å²) in [7, 11) is 0. The van der Waals surface area contributed by atoms with Gasteiger partial charge in [-0.2, -0.15) is 26.3 Å². The summed E-state index contributed by atoms with van der Waals surface area (Å²) in [6, 6.07) is 0. The van der Waals surface area contributed by atoms with Crippen LogP contribution >= 0.6 is 0 Å². The van der Waals surface area contributed by atoms with Crippen LogP contribution in [0.2, 0.25) is 0 Å². The molecule has 0 aromatic carbocycles. The fraction of sp³-hybridized carbons (Fsp3) is 0.529. The van der Waals surface area contributed by atoms with Crippen molar-refractivity contribution < 1.29 is 30.9 Å². The number of rotatable bonds is 4. The Balaban J connectivity index is 2.57. The van der Waals surface area contributed by atoms with Gasteiger partial charge in [-0.3, -0.25) is 0 Å². The molecule has 0 N–H and O–H groups in total. The van der Waals surface area contributed by atoms with E-state index in [0.717, 1.165) is 12.4 Å². The molecule has 2 heterocycles. The van der Waals surface area contributed by atoms with Crippen molar-refractivity contribution in [3.05, 3.63) is 47.1 Å². The van der Waals surface area contributed by atoms with Gasteiger partial charge in [0.1, 0.15) is 17.8 Å². The predicted octanol–water partition coefficient (Wildman–Crippen LogP) is 4.49. The third-order valence-corrected chi connectivity index (χ3v) is 3.89. The van der Waals surface area contributed by atoms with Gasteiger partial charge in [-0.15, -0.1) is 0 Å². The van der Waals surface area contributed by atoms with E-state index < -0.39 is 29.7 Å². The molecule has 0 saturated heterocycles. The molecule has 0 spiro atoms. The second-order valence-corrected chi connectivity index (χ2v) is 6.73. The van der Waals surface area contributed by atoms with E-state index in [9.17, 15) is 26.3 Å². The van der Waals surface area contributed by atoms with Gasteiger partial charge in [0.2, 0.25) is 5.82 Å². The van der Waals surface area contributed by atoms with Gasteiger partial charge in [0, 0.05) is 17.7 Å². The third kappa shape index (κ3) is 4.72. The van der Waals surface area contributed by atoms with Gasteiger partial charge in [0.05, 0.1) is 5.69 Å². The molecule has 27 heavy (non-hydrogen) atoms. The zero-order valence-electron chi connectivity index (χ0n) is 15.2. The van der Waals surface area contributed by atoms with E-state index in [1.165, 1.54) is 10.9 Å². The fourth-order valence-electron chi connectivity index (χ4n) is 2.82. The highest BCUT2D eigenvalue weighted by molar-refractivity contribution is 5.22. The summed E-state index contributed by atoms with van der Waals surface area (Å²) >= 11 is 0. The Hall–Kier alpha value is -2.26. The van der Waals surface area contributed by atoms with Gasteiger partial charge < -0.3 is 0 Å². The molecule has 0 atom stereocenters. The molecular formula is C17H19F6N4+. The van der Waals surface area contributed by atoms with Crippen LogP contribution in [0.4, 0.5) is 26.3 Å². The molecular weight excluding hydrogens is 374 g/mol. The summed E-state index contributed by atoms with van der Waals surface area (Å²) in [6.45, 7) is 6.41. The molecule has 4 nitrogen and oxygen atoms in total. The average Bonchev–Trinajstić information content (AvgIpc) is 2.52. The molecule has 2 rings (SSSR count). The van der Waals surface area contributed by atoms with Crippen LogP contribution in [-0.2, 0) is 18.9 Å². The van der Waals surface area contributed by atoms with Crippen molar-refractivity contribution in [3.8, 4) is 0 Å². The molecule has 0 radical (unpaired) electrons. The topological polar surface area (TPSA) is 42.5 Å². The Labute approximate surface area is 152 Å². The number of alkyl halides is 6. The van der Waals surface area contributed by atoms with E-state index in [4.69, 9.17) is 0 Å². The standard InChI is InChI=1S/C17H19F6N4/c1-9(2)13-11(5-25-15(26-13)17(21,22)23)7-27-8-24-6-12(16(18,19)20)14(27)10(3)4/h5-6,8-10H,7H2,1-4H3/q+1. The van der Waals surface area contributed by atoms with E-state index in [0.29, 0.717) is 5.56 Å². The van der Waals surface area contributed by atoms with Crippen LogP contribution in [0.5, 0.6) is 0 Å². The largest absolute Gasteiger partial charge is 0.451 e. The molecule has 0 aliphatic rings. The smallest absolute Gasteiger partial charge is 0.232 e. The highest BCUT2D eigenvalue weighted by Crippen LogP contribution is 2.33. The minimum Gasteiger partial charge on any atom is -0.232 e. The van der Waals surface area contributed by atoms with Crippen LogP contribution in [0.1, 0.15) is 67.9 Å². The van der Waals surface area contributed by atoms with E-state index in [2.05, 4.69) is 15.0 Å². The highest BCUT2D eigenvalue weighted by atomic mass is 19.4. The van der Waals surface area contributed by atoms with E-state index in [-0.39, 0.29) is 23.9 Å². The number of hydrogen-bond donors (Lipinski definition) is 0. The first-order chi connectivity index (χ1) is 12.3. The Morgan fingerprint density at radius 2 is 1.56 bits per heavy atom. The average molecular weight is 393 g/mol. The summed E-state index contributed by atoms with van der Waals surface area (Å²) in [6.07, 6.45) is -6.30. The van der Waals surface area contributed by atoms with Crippen LogP contribution < -0.4 is 4.57 Å². The van der Waals surface area contributed by atoms with Gasteiger partial charge in [-0.05, 0) is 5.92 Å². The zero-order valence-corrected chi connectivity index (χ0v) is 15.2. The second-order valence-electron chi connectivity index (χ2n) is 6.73. The summed E-state index contributed by atoms with van der Waals surface area (Å²) in [5.41, 5.74) is -0.436. The Morgan fingerprint density at radius 3 is 2.04 bits per heavy atom. The van der Waals surface area contributed by atoms with Crippen molar-refractivity contribution in [1.29, 1.82) is 0 Å². The molecule has 0 unspecified atom stereocenters. The lowest BCUT2D eigenvalue weighted by molar-refractivity contribution is -0.700. The van der Waals surface area contributed by atoms with Gasteiger partial charge in [-0.1, -0.05) is 32.7 Å². The van der Waals surface area contributed by atoms with Crippen molar-refractivity contribution in [2.75, 3.05) is 0 Å². The van der Waals surface area contributed by atoms with E-state index in [1.807, 2.05) is 0 Å². The monoisotopic (exact) mass is 393 g/mol. The lowest BCUT2D eigenvalue weighted by Gasteiger charge is -2.17. The first-order valence-electron chi connectivity index (χ1n) is 8.19. The number of nitrogens with zero attached hydrogens (tertiary/aromatic N) is 4. The van der Waals surface area contributed by atoms with Gasteiger partial charge in [-0.25, -0.2) is 14.5 Å². The predicted molar refractivity (Wildman–Crippen MR) is 83.7 cm³/mol. The summed E-state index contributed by atoms with van der Waals surface area (Å²) in [5.74, 6) is -2.13. The summed E-state index contributed by atoms with van der Waals surface area (Å²) in [4.78, 5) is 10.6. The van der Waals surface area contributed by atoms with Crippen molar-refractivity contribution in [2.45, 2.75) is 58.4 Å². The molecule has 0 bridgehead atoms. The SMILES string of the molecule is CC(C)c1nc(C(F)(F)F)ncc1C[n+]1cncc(C(F)(F)F)c1C(C)C. The third-order valence-electron chi connectivity index (χ3n) is 3.89. The van der Waals surface area contributed by atoms with Gasteiger partial charge >= 0.3 is 12.4 Å². The molecule has 0 aliphatic heterocycles. The lowest BCUT2D eigenvalue weighted by Crippen LogP contribution is -2.42. The van der Waals surface area contributed by atoms with Crippen LogP contribution in [0.3, 0.4) is 0 Å². The fourth-order valence-corrected chi connectivity index (χ4v) is 2.82. The summed E-state index contributed by atoms with van der Waals surface area (Å²) in [5, 5.41) is 0. The maximum Gasteiger partial charge on any atom is 0.451 e. The molecule has 0 aliphatic carbocycles. The Kier molecular flexibility index (Phi) is 5.77. The van der Waals surface area contributed by atoms with Crippen molar-refractivity contribution in [2.24, 2.45) is 0 Å². The molecule has 2 aromatic rings. The minimum absolute atomic E-state index is 0.00731. The normalized spacial score (nSPS) is 12.9. The van der Waals surface area contributed by atoms with E-state index in [1.54, 1.807) is 27.7 Å². The number of aromatic nitrogens is 4. The van der Waals surface area contributed by atoms with Gasteiger partial charge in [0.25, 0.3) is 6.33 Å². The Bertz CT molecular complexity index is 812. The minimum atomic E-state index is -4.70. The zero-order chi connectivity index (χ0) is 20.6. The first kappa shape index (κ1) is 21.0. The maximum atomic E-state index is 13.3. The molecule has 148 valence electrons. The summed E-state index contributed by atoms with van der Waals surface area (Å²) < 4.78 is 79.9. The highest BCUT2D eigenvalue weighted by Gasteiger charge is 2.39. The van der Waals surface area contributed by atoms with Gasteiger partial charge in [0.15, 0.2) is 6.20 Å². The van der Waals surface area contributed by atoms with Crippen LogP contribution in [-0.4, -0.2) is 15.0 Å². The molecule has 2 aromatic heterocycles. The van der Waals surface area contributed by atoms with Crippen LogP contribution in [0, 0.1) is 0 Å². The van der Waals surface area contributed by atoms with Crippen LogP contribution in [0.15, 0.2) is 18.7 Å². The van der Waals surface area contributed by atoms with E-state index >= 15 is 0 Å². The van der Waals surface area contributed by atoms with Crippen molar-refractivity contribution >= 4 is 0 Å². The van der Waals surface area contributed by atoms with Crippen LogP contribution in [0.25, 0.3) is 0 Å². The number of halogens is 6. The molecule has 10 heteroatoms. The quantitative estimate of drug-likeness (QED) is 0.568. The Morgan fingerprint density at radius 1 is 0.926 bits per heavy atom. The molecule has 0 fully saturated rings. The second kappa shape index (κ2) is 7.40. The lowest BCUT2D eigenvalue weighted by atomic mass is 10.0.